The van der Waals surface area contributed by atoms with E-state index in [4.69, 9.17) is 5.11 Å². The van der Waals surface area contributed by atoms with Gasteiger partial charge in [-0.05, 0) is 37.3 Å². The van der Waals surface area contributed by atoms with Crippen molar-refractivity contribution in [3.8, 4) is 0 Å². The molecule has 0 aliphatic heterocycles. The third-order valence-corrected chi connectivity index (χ3v) is 4.82. The van der Waals surface area contributed by atoms with E-state index < -0.39 is 12.0 Å². The number of carbonyl (C=O) groups is 2. The molecule has 1 fully saturated rings. The van der Waals surface area contributed by atoms with Gasteiger partial charge in [0, 0.05) is 4.88 Å². The third-order valence-electron chi connectivity index (χ3n) is 3.43. The van der Waals surface area contributed by atoms with Gasteiger partial charge < -0.3 is 10.4 Å². The fourth-order valence-electron chi connectivity index (χ4n) is 2.12. The van der Waals surface area contributed by atoms with Crippen LogP contribution in [0.2, 0.25) is 0 Å². The average Bonchev–Trinajstić information content (AvgIpc) is 3.09. The molecule has 2 N–H and O–H groups in total. The summed E-state index contributed by atoms with van der Waals surface area (Å²) in [5.74, 6) is -0.734. The van der Waals surface area contributed by atoms with Crippen molar-refractivity contribution in [1.29, 1.82) is 0 Å². The van der Waals surface area contributed by atoms with Gasteiger partial charge in [0.15, 0.2) is 0 Å². The SMILES string of the molecule is CCc1sc(C(=O)NC(CC2CC2)C(=O)O)cc1C. The van der Waals surface area contributed by atoms with Crippen LogP contribution >= 0.6 is 11.3 Å². The van der Waals surface area contributed by atoms with E-state index >= 15 is 0 Å². The van der Waals surface area contributed by atoms with Crippen molar-refractivity contribution in [2.45, 2.75) is 45.6 Å². The Balaban J connectivity index is 2.02. The van der Waals surface area contributed by atoms with Gasteiger partial charge in [-0.15, -0.1) is 11.3 Å². The number of hydrogen-bond donors (Lipinski definition) is 2. The van der Waals surface area contributed by atoms with Crippen LogP contribution in [-0.2, 0) is 11.2 Å². The smallest absolute Gasteiger partial charge is 0.326 e. The van der Waals surface area contributed by atoms with Gasteiger partial charge in [-0.3, -0.25) is 4.79 Å². The number of nitrogens with one attached hydrogen (secondary N) is 1. The van der Waals surface area contributed by atoms with Crippen molar-refractivity contribution in [3.05, 3.63) is 21.4 Å². The van der Waals surface area contributed by atoms with Crippen LogP contribution in [0.3, 0.4) is 0 Å². The molecule has 0 radical (unpaired) electrons. The Bertz CT molecular complexity index is 491. The summed E-state index contributed by atoms with van der Waals surface area (Å²) in [6.07, 6.45) is 3.61. The summed E-state index contributed by atoms with van der Waals surface area (Å²) >= 11 is 1.45. The first-order chi connectivity index (χ1) is 9.01. The topological polar surface area (TPSA) is 66.4 Å². The number of aliphatic carboxylic acids is 1. The lowest BCUT2D eigenvalue weighted by Crippen LogP contribution is -2.40. The lowest BCUT2D eigenvalue weighted by Gasteiger charge is -2.13. The minimum absolute atomic E-state index is 0.263. The first-order valence-corrected chi connectivity index (χ1v) is 7.45. The molecular formula is C14H19NO3S. The minimum atomic E-state index is -0.941. The molecule has 1 saturated carbocycles. The van der Waals surface area contributed by atoms with Gasteiger partial charge in [0.1, 0.15) is 6.04 Å². The van der Waals surface area contributed by atoms with E-state index in [2.05, 4.69) is 5.32 Å². The molecule has 1 aromatic rings. The Morgan fingerprint density at radius 2 is 2.21 bits per heavy atom. The van der Waals surface area contributed by atoms with E-state index in [0.29, 0.717) is 17.2 Å². The summed E-state index contributed by atoms with van der Waals surface area (Å²) in [6.45, 7) is 4.03. The van der Waals surface area contributed by atoms with Crippen LogP contribution in [0.25, 0.3) is 0 Å². The normalized spacial score (nSPS) is 16.1. The second kappa shape index (κ2) is 5.74. The van der Waals surface area contributed by atoms with Crippen molar-refractivity contribution in [2.24, 2.45) is 5.92 Å². The van der Waals surface area contributed by atoms with Crippen LogP contribution in [0, 0.1) is 12.8 Å². The number of hydrogen-bond acceptors (Lipinski definition) is 3. The van der Waals surface area contributed by atoms with E-state index in [-0.39, 0.29) is 5.91 Å². The second-order valence-corrected chi connectivity index (χ2v) is 6.25. The minimum Gasteiger partial charge on any atom is -0.480 e. The van der Waals surface area contributed by atoms with E-state index in [1.165, 1.54) is 16.2 Å². The van der Waals surface area contributed by atoms with Crippen molar-refractivity contribution in [3.63, 3.8) is 0 Å². The molecule has 4 nitrogen and oxygen atoms in total. The Hall–Kier alpha value is -1.36. The van der Waals surface area contributed by atoms with Crippen LogP contribution in [0.5, 0.6) is 0 Å². The Morgan fingerprint density at radius 1 is 1.53 bits per heavy atom. The van der Waals surface area contributed by atoms with Crippen LogP contribution < -0.4 is 5.32 Å². The number of carboxylic acids is 1. The van der Waals surface area contributed by atoms with Crippen LogP contribution in [0.4, 0.5) is 0 Å². The summed E-state index contributed by atoms with van der Waals surface area (Å²) < 4.78 is 0. The number of rotatable bonds is 6. The molecule has 1 aliphatic carbocycles. The van der Waals surface area contributed by atoms with Crippen molar-refractivity contribution < 1.29 is 14.7 Å². The van der Waals surface area contributed by atoms with Crippen LogP contribution in [0.1, 0.15) is 46.3 Å². The van der Waals surface area contributed by atoms with Crippen LogP contribution in [-0.4, -0.2) is 23.0 Å². The summed E-state index contributed by atoms with van der Waals surface area (Å²) in [5, 5.41) is 11.8. The maximum absolute atomic E-state index is 12.1. The lowest BCUT2D eigenvalue weighted by molar-refractivity contribution is -0.139. The number of carbonyl (C=O) groups excluding carboxylic acids is 1. The highest BCUT2D eigenvalue weighted by atomic mass is 32.1. The molecule has 0 bridgehead atoms. The molecule has 1 amide bonds. The molecule has 104 valence electrons. The van der Waals surface area contributed by atoms with Crippen molar-refractivity contribution in [2.75, 3.05) is 0 Å². The number of thiophene rings is 1. The molecule has 0 saturated heterocycles. The van der Waals surface area contributed by atoms with Crippen LogP contribution in [0.15, 0.2) is 6.07 Å². The molecular weight excluding hydrogens is 262 g/mol. The third kappa shape index (κ3) is 3.56. The monoisotopic (exact) mass is 281 g/mol. The molecule has 19 heavy (non-hydrogen) atoms. The molecule has 5 heteroatoms. The zero-order valence-corrected chi connectivity index (χ0v) is 12.0. The number of carboxylic acid groups (broad SMARTS) is 1. The molecule has 1 atom stereocenters. The zero-order valence-electron chi connectivity index (χ0n) is 11.2. The van der Waals surface area contributed by atoms with E-state index in [9.17, 15) is 9.59 Å². The lowest BCUT2D eigenvalue weighted by atomic mass is 10.1. The van der Waals surface area contributed by atoms with Gasteiger partial charge in [0.25, 0.3) is 5.91 Å². The average molecular weight is 281 g/mol. The Kier molecular flexibility index (Phi) is 4.24. The number of aryl methyl sites for hydroxylation is 2. The molecule has 0 spiro atoms. The Labute approximate surface area is 116 Å². The highest BCUT2D eigenvalue weighted by molar-refractivity contribution is 7.14. The van der Waals surface area contributed by atoms with Crippen molar-refractivity contribution in [1.82, 2.24) is 5.32 Å². The number of amides is 1. The highest BCUT2D eigenvalue weighted by Crippen LogP contribution is 2.33. The maximum Gasteiger partial charge on any atom is 0.326 e. The molecule has 1 unspecified atom stereocenters. The summed E-state index contributed by atoms with van der Waals surface area (Å²) in [5.41, 5.74) is 1.10. The molecule has 2 rings (SSSR count). The van der Waals surface area contributed by atoms with Gasteiger partial charge in [-0.1, -0.05) is 19.8 Å². The summed E-state index contributed by atoms with van der Waals surface area (Å²) in [4.78, 5) is 25.0. The fraction of sp³-hybridized carbons (Fsp3) is 0.571. The highest BCUT2D eigenvalue weighted by Gasteiger charge is 2.30. The molecule has 1 heterocycles. The van der Waals surface area contributed by atoms with Gasteiger partial charge in [-0.25, -0.2) is 4.79 Å². The van der Waals surface area contributed by atoms with Gasteiger partial charge >= 0.3 is 5.97 Å². The molecule has 1 aliphatic rings. The maximum atomic E-state index is 12.1. The van der Waals surface area contributed by atoms with Crippen molar-refractivity contribution >= 4 is 23.2 Å². The Morgan fingerprint density at radius 3 is 2.68 bits per heavy atom. The largest absolute Gasteiger partial charge is 0.480 e. The van der Waals surface area contributed by atoms with Gasteiger partial charge in [0.05, 0.1) is 4.88 Å². The van der Waals surface area contributed by atoms with Gasteiger partial charge in [0.2, 0.25) is 0 Å². The zero-order chi connectivity index (χ0) is 14.0. The van der Waals surface area contributed by atoms with E-state index in [1.807, 2.05) is 19.9 Å². The van der Waals surface area contributed by atoms with E-state index in [0.717, 1.165) is 24.8 Å². The first-order valence-electron chi connectivity index (χ1n) is 6.64. The van der Waals surface area contributed by atoms with Gasteiger partial charge in [-0.2, -0.15) is 0 Å². The molecule has 0 aromatic carbocycles. The fourth-order valence-corrected chi connectivity index (χ4v) is 3.14. The van der Waals surface area contributed by atoms with E-state index in [1.54, 1.807) is 0 Å². The molecule has 1 aromatic heterocycles. The standard InChI is InChI=1S/C14H19NO3S/c1-3-11-8(2)6-12(19-11)13(16)15-10(14(17)18)7-9-4-5-9/h6,9-10H,3-5,7H2,1-2H3,(H,15,16)(H,17,18). The first kappa shape index (κ1) is 14.1. The predicted molar refractivity (Wildman–Crippen MR) is 74.7 cm³/mol. The predicted octanol–water partition coefficient (Wildman–Crippen LogP) is 2.60. The summed E-state index contributed by atoms with van der Waals surface area (Å²) in [6, 6.07) is 1.09. The second-order valence-electron chi connectivity index (χ2n) is 5.11. The summed E-state index contributed by atoms with van der Waals surface area (Å²) in [7, 11) is 0. The quantitative estimate of drug-likeness (QED) is 0.842.